The van der Waals surface area contributed by atoms with Crippen LogP contribution >= 0.6 is 0 Å². The molecule has 0 aromatic heterocycles. The summed E-state index contributed by atoms with van der Waals surface area (Å²) in [5, 5.41) is 18.7. The highest BCUT2D eigenvalue weighted by Gasteiger charge is 2.47. The van der Waals surface area contributed by atoms with Gasteiger partial charge >= 0.3 is 11.9 Å². The summed E-state index contributed by atoms with van der Waals surface area (Å²) in [6.07, 6.45) is 5.08. The number of hydrogen-bond donors (Lipinski definition) is 2. The molecule has 0 saturated carbocycles. The summed E-state index contributed by atoms with van der Waals surface area (Å²) in [6.45, 7) is 1.37. The third-order valence-electron chi connectivity index (χ3n) is 4.41. The number of carboxylic acids is 2. The van der Waals surface area contributed by atoms with E-state index in [4.69, 9.17) is 9.47 Å². The minimum absolute atomic E-state index is 0.0587. The smallest absolute Gasteiger partial charge is 0.311 e. The Labute approximate surface area is 116 Å². The molecule has 0 spiro atoms. The van der Waals surface area contributed by atoms with Crippen LogP contribution in [0.5, 0.6) is 0 Å². The van der Waals surface area contributed by atoms with Gasteiger partial charge < -0.3 is 19.7 Å². The van der Waals surface area contributed by atoms with Crippen LogP contribution in [0.1, 0.15) is 12.8 Å². The van der Waals surface area contributed by atoms with E-state index in [0.29, 0.717) is 13.0 Å². The van der Waals surface area contributed by atoms with Crippen molar-refractivity contribution in [3.63, 3.8) is 0 Å². The number of rotatable bonds is 6. The summed E-state index contributed by atoms with van der Waals surface area (Å²) < 4.78 is 10.4. The number of carbonyl (C=O) groups is 2. The number of aliphatic carboxylic acids is 2. The van der Waals surface area contributed by atoms with Crippen molar-refractivity contribution in [3.8, 4) is 0 Å². The molecule has 0 radical (unpaired) electrons. The van der Waals surface area contributed by atoms with Crippen LogP contribution < -0.4 is 0 Å². The highest BCUT2D eigenvalue weighted by atomic mass is 16.6. The largest absolute Gasteiger partial charge is 0.481 e. The van der Waals surface area contributed by atoms with E-state index in [1.165, 1.54) is 0 Å². The highest BCUT2D eigenvalue weighted by molar-refractivity contribution is 5.82. The number of allylic oxidation sites excluding steroid dienone is 1. The minimum Gasteiger partial charge on any atom is -0.481 e. The monoisotopic (exact) mass is 282 g/mol. The standard InChI is InChI=1S/C14H18O6/c15-13(16)10-2-1-7(3-8-5-19-8)11(4-9-6-20-9)12(10)14(17)18/h1-2,7-12H,3-6H2,(H,15,16)(H,17,18). The molecule has 110 valence electrons. The molecule has 0 aromatic rings. The topological polar surface area (TPSA) is 99.7 Å². The Kier molecular flexibility index (Phi) is 3.52. The molecule has 2 fully saturated rings. The molecule has 0 bridgehead atoms. The van der Waals surface area contributed by atoms with Crippen LogP contribution in [-0.2, 0) is 19.1 Å². The first-order valence-corrected chi connectivity index (χ1v) is 6.93. The number of ether oxygens (including phenoxy) is 2. The van der Waals surface area contributed by atoms with Gasteiger partial charge in [0.15, 0.2) is 0 Å². The summed E-state index contributed by atoms with van der Waals surface area (Å²) >= 11 is 0. The molecule has 6 unspecified atom stereocenters. The van der Waals surface area contributed by atoms with Gasteiger partial charge in [0.2, 0.25) is 0 Å². The molecular weight excluding hydrogens is 264 g/mol. The van der Waals surface area contributed by atoms with Crippen molar-refractivity contribution in [2.24, 2.45) is 23.7 Å². The first-order chi connectivity index (χ1) is 9.56. The van der Waals surface area contributed by atoms with Gasteiger partial charge in [0.25, 0.3) is 0 Å². The van der Waals surface area contributed by atoms with Crippen molar-refractivity contribution >= 4 is 11.9 Å². The van der Waals surface area contributed by atoms with Crippen molar-refractivity contribution in [2.75, 3.05) is 13.2 Å². The number of carboxylic acid groups (broad SMARTS) is 2. The maximum Gasteiger partial charge on any atom is 0.311 e. The van der Waals surface area contributed by atoms with E-state index in [9.17, 15) is 19.8 Å². The molecule has 6 heteroatoms. The van der Waals surface area contributed by atoms with E-state index in [-0.39, 0.29) is 24.0 Å². The molecule has 20 heavy (non-hydrogen) atoms. The Hall–Kier alpha value is -1.40. The van der Waals surface area contributed by atoms with Crippen LogP contribution in [0.15, 0.2) is 12.2 Å². The van der Waals surface area contributed by atoms with Crippen molar-refractivity contribution in [1.82, 2.24) is 0 Å². The van der Waals surface area contributed by atoms with Crippen molar-refractivity contribution in [2.45, 2.75) is 25.0 Å². The molecule has 6 atom stereocenters. The molecule has 2 aliphatic heterocycles. The molecule has 6 nitrogen and oxygen atoms in total. The van der Waals surface area contributed by atoms with Gasteiger partial charge in [0.1, 0.15) is 0 Å². The molecule has 0 amide bonds. The lowest BCUT2D eigenvalue weighted by Gasteiger charge is -2.35. The first-order valence-electron chi connectivity index (χ1n) is 6.93. The zero-order chi connectivity index (χ0) is 14.3. The fraction of sp³-hybridized carbons (Fsp3) is 0.714. The predicted octanol–water partition coefficient (Wildman–Crippen LogP) is 0.768. The van der Waals surface area contributed by atoms with Crippen LogP contribution in [-0.4, -0.2) is 47.6 Å². The van der Waals surface area contributed by atoms with Crippen molar-refractivity contribution in [1.29, 1.82) is 0 Å². The third-order valence-corrected chi connectivity index (χ3v) is 4.41. The average Bonchev–Trinajstić information content (AvgIpc) is 3.24. The van der Waals surface area contributed by atoms with Gasteiger partial charge in [-0.25, -0.2) is 0 Å². The van der Waals surface area contributed by atoms with Gasteiger partial charge in [-0.15, -0.1) is 0 Å². The summed E-state index contributed by atoms with van der Waals surface area (Å²) in [4.78, 5) is 22.8. The summed E-state index contributed by atoms with van der Waals surface area (Å²) in [6, 6.07) is 0. The Balaban J connectivity index is 1.83. The van der Waals surface area contributed by atoms with Gasteiger partial charge in [0.05, 0.1) is 37.3 Å². The molecule has 3 rings (SSSR count). The van der Waals surface area contributed by atoms with E-state index in [1.54, 1.807) is 6.08 Å². The van der Waals surface area contributed by atoms with Gasteiger partial charge in [0, 0.05) is 0 Å². The lowest BCUT2D eigenvalue weighted by molar-refractivity contribution is -0.155. The summed E-state index contributed by atoms with van der Waals surface area (Å²) in [7, 11) is 0. The molecule has 3 aliphatic rings. The molecule has 0 aromatic carbocycles. The summed E-state index contributed by atoms with van der Waals surface area (Å²) in [5.74, 6) is -4.08. The second-order valence-electron chi connectivity index (χ2n) is 5.82. The summed E-state index contributed by atoms with van der Waals surface area (Å²) in [5.41, 5.74) is 0. The second kappa shape index (κ2) is 5.18. The van der Waals surface area contributed by atoms with Crippen molar-refractivity contribution < 1.29 is 29.3 Å². The van der Waals surface area contributed by atoms with Crippen LogP contribution in [0.4, 0.5) is 0 Å². The number of hydrogen-bond acceptors (Lipinski definition) is 4. The maximum atomic E-state index is 11.6. The SMILES string of the molecule is O=C(O)C1C=CC(CC2CO2)C(CC2CO2)C1C(=O)O. The van der Waals surface area contributed by atoms with E-state index in [1.807, 2.05) is 6.08 Å². The quantitative estimate of drug-likeness (QED) is 0.551. The Morgan fingerprint density at radius 3 is 2.10 bits per heavy atom. The van der Waals surface area contributed by atoms with Gasteiger partial charge in [-0.1, -0.05) is 12.2 Å². The predicted molar refractivity (Wildman–Crippen MR) is 67.1 cm³/mol. The lowest BCUT2D eigenvalue weighted by atomic mass is 9.67. The molecule has 2 heterocycles. The van der Waals surface area contributed by atoms with Crippen LogP contribution in [0.3, 0.4) is 0 Å². The van der Waals surface area contributed by atoms with Crippen LogP contribution in [0, 0.1) is 23.7 Å². The number of epoxide rings is 2. The first kappa shape index (κ1) is 13.6. The third kappa shape index (κ3) is 2.86. The molecular formula is C14H18O6. The maximum absolute atomic E-state index is 11.6. The van der Waals surface area contributed by atoms with Gasteiger partial charge in [-0.2, -0.15) is 0 Å². The fourth-order valence-corrected chi connectivity index (χ4v) is 3.22. The lowest BCUT2D eigenvalue weighted by Crippen LogP contribution is -2.41. The van der Waals surface area contributed by atoms with Crippen LogP contribution in [0.2, 0.25) is 0 Å². The Morgan fingerprint density at radius 2 is 1.60 bits per heavy atom. The van der Waals surface area contributed by atoms with Gasteiger partial charge in [-0.05, 0) is 24.7 Å². The van der Waals surface area contributed by atoms with E-state index in [2.05, 4.69) is 0 Å². The van der Waals surface area contributed by atoms with E-state index >= 15 is 0 Å². The van der Waals surface area contributed by atoms with Gasteiger partial charge in [-0.3, -0.25) is 9.59 Å². The molecule has 2 N–H and O–H groups in total. The zero-order valence-electron chi connectivity index (χ0n) is 11.0. The second-order valence-corrected chi connectivity index (χ2v) is 5.82. The average molecular weight is 282 g/mol. The van der Waals surface area contributed by atoms with E-state index < -0.39 is 23.8 Å². The van der Waals surface area contributed by atoms with Crippen molar-refractivity contribution in [3.05, 3.63) is 12.2 Å². The molecule has 2 saturated heterocycles. The Bertz CT molecular complexity index is 437. The van der Waals surface area contributed by atoms with Crippen LogP contribution in [0.25, 0.3) is 0 Å². The molecule has 1 aliphatic carbocycles. The fourth-order valence-electron chi connectivity index (χ4n) is 3.22. The normalized spacial score (nSPS) is 42.2. The van der Waals surface area contributed by atoms with E-state index in [0.717, 1.165) is 13.0 Å². The Morgan fingerprint density at radius 1 is 1.00 bits per heavy atom. The minimum atomic E-state index is -1.07. The highest BCUT2D eigenvalue weighted by Crippen LogP contribution is 2.42. The zero-order valence-corrected chi connectivity index (χ0v) is 11.0.